The maximum atomic E-state index is 12.6. The SMILES string of the molecule is CN(CCc1ccccn1)[C@H]1[C@@H]2[C@H]3C[C@H]4[C@@H]2C(=O)[C@@H]2[C@@H]4[C@H]3[C@H]21. The van der Waals surface area contributed by atoms with Gasteiger partial charge in [-0.15, -0.1) is 0 Å². The lowest BCUT2D eigenvalue weighted by molar-refractivity contribution is -0.137. The number of ketones is 1. The van der Waals surface area contributed by atoms with Gasteiger partial charge >= 0.3 is 0 Å². The molecule has 114 valence electrons. The number of carbonyl (C=O) groups excluding carboxylic acids is 1. The number of hydrogen-bond donors (Lipinski definition) is 0. The van der Waals surface area contributed by atoms with Crippen LogP contribution in [0.4, 0.5) is 0 Å². The zero-order valence-corrected chi connectivity index (χ0v) is 12.9. The number of nitrogens with zero attached hydrogens (tertiary/aromatic N) is 2. The summed E-state index contributed by atoms with van der Waals surface area (Å²) in [6, 6.07) is 6.87. The first-order chi connectivity index (χ1) is 10.8. The Bertz CT molecular complexity index is 659. The summed E-state index contributed by atoms with van der Waals surface area (Å²) in [5.74, 6) is 6.45. The Morgan fingerprint density at radius 2 is 2.05 bits per heavy atom. The van der Waals surface area contributed by atoms with E-state index in [9.17, 15) is 4.79 Å². The van der Waals surface area contributed by atoms with E-state index in [1.807, 2.05) is 12.3 Å². The van der Waals surface area contributed by atoms with E-state index in [2.05, 4.69) is 29.1 Å². The number of carbonyl (C=O) groups is 1. The molecule has 0 aromatic carbocycles. The molecule has 0 saturated heterocycles. The summed E-state index contributed by atoms with van der Waals surface area (Å²) in [5.41, 5.74) is 1.19. The first-order valence-corrected chi connectivity index (χ1v) is 8.91. The van der Waals surface area contributed by atoms with Gasteiger partial charge in [0.25, 0.3) is 0 Å². The third-order valence-corrected chi connectivity index (χ3v) is 8.02. The quantitative estimate of drug-likeness (QED) is 0.850. The van der Waals surface area contributed by atoms with Crippen LogP contribution < -0.4 is 0 Å². The van der Waals surface area contributed by atoms with Gasteiger partial charge in [0, 0.05) is 42.7 Å². The molecule has 5 aliphatic carbocycles. The Kier molecular flexibility index (Phi) is 2.12. The van der Waals surface area contributed by atoms with E-state index in [1.54, 1.807) is 0 Å². The highest BCUT2D eigenvalue weighted by atomic mass is 16.1. The molecule has 0 spiro atoms. The minimum absolute atomic E-state index is 0.456. The standard InChI is InChI=1S/C19H22N2O/c1-21(7-5-9-4-2-3-6-20-9)18-14-10-8-11-13-12(10)16(18)17(13)19(22)15(11)14/h2-4,6,10-18H,5,7-8H2,1H3/t10-,11+,12-,13-,14+,15-,16+,17+,18-/m0/s1. The lowest BCUT2D eigenvalue weighted by atomic mass is 9.58. The first-order valence-electron chi connectivity index (χ1n) is 8.91. The minimum atomic E-state index is 0.456. The summed E-state index contributed by atoms with van der Waals surface area (Å²) in [4.78, 5) is 19.7. The van der Waals surface area contributed by atoms with Gasteiger partial charge in [-0.25, -0.2) is 0 Å². The van der Waals surface area contributed by atoms with Crippen molar-refractivity contribution in [1.82, 2.24) is 9.88 Å². The number of likely N-dealkylation sites (N-methyl/N-ethyl adjacent to an activating group) is 1. The van der Waals surface area contributed by atoms with E-state index in [0.717, 1.165) is 36.6 Å². The molecule has 0 amide bonds. The van der Waals surface area contributed by atoms with Gasteiger partial charge in [-0.2, -0.15) is 0 Å². The fraction of sp³-hybridized carbons (Fsp3) is 0.684. The maximum Gasteiger partial charge on any atom is 0.140 e. The van der Waals surface area contributed by atoms with Crippen molar-refractivity contribution in [3.05, 3.63) is 30.1 Å². The number of rotatable bonds is 4. The molecule has 5 aliphatic rings. The summed E-state index contributed by atoms with van der Waals surface area (Å²) in [6.07, 6.45) is 4.30. The third-order valence-electron chi connectivity index (χ3n) is 8.02. The highest BCUT2D eigenvalue weighted by molar-refractivity contribution is 5.91. The van der Waals surface area contributed by atoms with E-state index in [0.29, 0.717) is 35.5 Å². The summed E-state index contributed by atoms with van der Waals surface area (Å²) < 4.78 is 0. The van der Waals surface area contributed by atoms with Crippen molar-refractivity contribution in [3.63, 3.8) is 0 Å². The molecule has 0 radical (unpaired) electrons. The maximum absolute atomic E-state index is 12.6. The van der Waals surface area contributed by atoms with Gasteiger partial charge in [-0.3, -0.25) is 9.78 Å². The van der Waals surface area contributed by atoms with E-state index in [1.165, 1.54) is 12.1 Å². The number of fused-ring (bicyclic) bond motifs is 2. The molecule has 1 heterocycles. The number of Topliss-reactive ketones (excluding diaryl/α,β-unsaturated/α-hetero) is 1. The molecule has 22 heavy (non-hydrogen) atoms. The molecule has 3 heteroatoms. The molecule has 2 bridgehead atoms. The van der Waals surface area contributed by atoms with Gasteiger partial charge in [0.15, 0.2) is 0 Å². The highest BCUT2D eigenvalue weighted by Crippen LogP contribution is 2.82. The van der Waals surface area contributed by atoms with E-state index >= 15 is 0 Å². The van der Waals surface area contributed by atoms with Crippen LogP contribution >= 0.6 is 0 Å². The lowest BCUT2D eigenvalue weighted by Gasteiger charge is -2.48. The van der Waals surface area contributed by atoms with Crippen molar-refractivity contribution in [2.75, 3.05) is 13.6 Å². The second-order valence-corrected chi connectivity index (χ2v) is 8.37. The van der Waals surface area contributed by atoms with Crippen LogP contribution in [0.5, 0.6) is 0 Å². The topological polar surface area (TPSA) is 33.2 Å². The summed E-state index contributed by atoms with van der Waals surface area (Å²) in [7, 11) is 2.29. The Balaban J connectivity index is 1.25. The third kappa shape index (κ3) is 1.15. The van der Waals surface area contributed by atoms with Crippen molar-refractivity contribution in [2.45, 2.75) is 18.9 Å². The van der Waals surface area contributed by atoms with Crippen LogP contribution in [0, 0.1) is 47.3 Å². The molecule has 0 N–H and O–H groups in total. The Labute approximate surface area is 131 Å². The van der Waals surface area contributed by atoms with Crippen LogP contribution in [0.3, 0.4) is 0 Å². The molecule has 5 saturated carbocycles. The molecule has 9 atom stereocenters. The van der Waals surface area contributed by atoms with Gasteiger partial charge in [-0.05, 0) is 61.1 Å². The molecule has 1 aromatic rings. The second-order valence-electron chi connectivity index (χ2n) is 8.37. The molecular formula is C19H22N2O. The largest absolute Gasteiger partial charge is 0.302 e. The van der Waals surface area contributed by atoms with Crippen molar-refractivity contribution in [3.8, 4) is 0 Å². The summed E-state index contributed by atoms with van der Waals surface area (Å²) in [6.45, 7) is 1.08. The average Bonchev–Trinajstić information content (AvgIpc) is 3.04. The number of pyridine rings is 1. The molecular weight excluding hydrogens is 272 g/mol. The molecule has 6 rings (SSSR count). The zero-order chi connectivity index (χ0) is 14.6. The van der Waals surface area contributed by atoms with Crippen LogP contribution in [0.1, 0.15) is 12.1 Å². The molecule has 0 unspecified atom stereocenters. The predicted octanol–water partition coefficient (Wildman–Crippen LogP) is 1.88. The number of aromatic nitrogens is 1. The van der Waals surface area contributed by atoms with Crippen molar-refractivity contribution in [1.29, 1.82) is 0 Å². The van der Waals surface area contributed by atoms with Crippen molar-refractivity contribution in [2.24, 2.45) is 47.3 Å². The van der Waals surface area contributed by atoms with Crippen LogP contribution in [0.15, 0.2) is 24.4 Å². The minimum Gasteiger partial charge on any atom is -0.302 e. The molecule has 1 aromatic heterocycles. The van der Waals surface area contributed by atoms with Gasteiger partial charge in [0.2, 0.25) is 0 Å². The Hall–Kier alpha value is -1.22. The van der Waals surface area contributed by atoms with Crippen LogP contribution in [0.2, 0.25) is 0 Å². The molecule has 3 nitrogen and oxygen atoms in total. The van der Waals surface area contributed by atoms with Crippen molar-refractivity contribution >= 4 is 5.78 Å². The summed E-state index contributed by atoms with van der Waals surface area (Å²) in [5, 5.41) is 0. The fourth-order valence-corrected chi connectivity index (χ4v) is 7.69. The summed E-state index contributed by atoms with van der Waals surface area (Å²) >= 11 is 0. The Morgan fingerprint density at radius 3 is 2.86 bits per heavy atom. The zero-order valence-electron chi connectivity index (χ0n) is 12.9. The fourth-order valence-electron chi connectivity index (χ4n) is 7.69. The smallest absolute Gasteiger partial charge is 0.140 e. The predicted molar refractivity (Wildman–Crippen MR) is 81.9 cm³/mol. The highest BCUT2D eigenvalue weighted by Gasteiger charge is 2.83. The van der Waals surface area contributed by atoms with Crippen LogP contribution in [-0.2, 0) is 11.2 Å². The van der Waals surface area contributed by atoms with Crippen LogP contribution in [-0.4, -0.2) is 35.3 Å². The second kappa shape index (κ2) is 3.81. The Morgan fingerprint density at radius 1 is 1.14 bits per heavy atom. The molecule has 0 aliphatic heterocycles. The average molecular weight is 294 g/mol. The number of hydrogen-bond acceptors (Lipinski definition) is 3. The van der Waals surface area contributed by atoms with Gasteiger partial charge in [-0.1, -0.05) is 6.07 Å². The van der Waals surface area contributed by atoms with E-state index in [-0.39, 0.29) is 0 Å². The monoisotopic (exact) mass is 294 g/mol. The van der Waals surface area contributed by atoms with Crippen molar-refractivity contribution < 1.29 is 4.79 Å². The normalized spacial score (nSPS) is 52.1. The lowest BCUT2D eigenvalue weighted by Crippen LogP contribution is -2.55. The molecule has 5 fully saturated rings. The van der Waals surface area contributed by atoms with Gasteiger partial charge in [0.1, 0.15) is 5.78 Å². The van der Waals surface area contributed by atoms with E-state index < -0.39 is 0 Å². The first kappa shape index (κ1) is 12.2. The van der Waals surface area contributed by atoms with Gasteiger partial charge in [0.05, 0.1) is 0 Å². The van der Waals surface area contributed by atoms with E-state index in [4.69, 9.17) is 0 Å². The van der Waals surface area contributed by atoms with Crippen LogP contribution in [0.25, 0.3) is 0 Å². The van der Waals surface area contributed by atoms with Gasteiger partial charge < -0.3 is 4.90 Å².